The van der Waals surface area contributed by atoms with Crippen LogP contribution in [0.1, 0.15) is 31.0 Å². The van der Waals surface area contributed by atoms with Gasteiger partial charge in [0.05, 0.1) is 37.2 Å². The molecule has 3 aromatic rings. The Balaban J connectivity index is 1.44. The molecule has 0 radical (unpaired) electrons. The number of carbonyl (C=O) groups is 1. The highest BCUT2D eigenvalue weighted by Crippen LogP contribution is 2.59. The van der Waals surface area contributed by atoms with E-state index in [4.69, 9.17) is 14.7 Å². The van der Waals surface area contributed by atoms with E-state index in [0.29, 0.717) is 37.8 Å². The van der Waals surface area contributed by atoms with Crippen LogP contribution in [0.25, 0.3) is 22.2 Å². The lowest BCUT2D eigenvalue weighted by molar-refractivity contribution is -0.199. The molecule has 1 atom stereocenters. The number of para-hydroxylation sites is 1. The van der Waals surface area contributed by atoms with Crippen molar-refractivity contribution in [2.75, 3.05) is 31.2 Å². The molecule has 1 saturated heterocycles. The van der Waals surface area contributed by atoms with Gasteiger partial charge in [-0.15, -0.1) is 0 Å². The summed E-state index contributed by atoms with van der Waals surface area (Å²) < 4.78 is 46.5. The molecule has 1 unspecified atom stereocenters. The number of aromatic nitrogens is 3. The molecule has 1 aliphatic carbocycles. The minimum absolute atomic E-state index is 0.0512. The Hall–Kier alpha value is -3.14. The number of H-pyrrole nitrogens is 1. The quantitative estimate of drug-likeness (QED) is 0.605. The summed E-state index contributed by atoms with van der Waals surface area (Å²) in [6, 6.07) is 7.98. The maximum absolute atomic E-state index is 13.7. The van der Waals surface area contributed by atoms with Crippen LogP contribution in [-0.2, 0) is 22.5 Å². The van der Waals surface area contributed by atoms with Crippen molar-refractivity contribution in [1.82, 2.24) is 19.9 Å². The number of nitrogens with zero attached hydrogens (tertiary/aromatic N) is 4. The van der Waals surface area contributed by atoms with Gasteiger partial charge >= 0.3 is 6.18 Å². The summed E-state index contributed by atoms with van der Waals surface area (Å²) in [6.45, 7) is 4.01. The van der Waals surface area contributed by atoms with Crippen molar-refractivity contribution in [3.05, 3.63) is 41.7 Å². The highest BCUT2D eigenvalue weighted by atomic mass is 19.4. The Kier molecular flexibility index (Phi) is 5.07. The maximum atomic E-state index is 13.7. The fraction of sp³-hybridized carbons (Fsp3) is 0.480. The normalized spacial score (nSPS) is 21.8. The second-order valence-electron chi connectivity index (χ2n) is 9.72. The number of benzene rings is 1. The van der Waals surface area contributed by atoms with E-state index in [1.54, 1.807) is 0 Å². The van der Waals surface area contributed by atoms with Crippen LogP contribution in [0, 0.1) is 5.41 Å². The Morgan fingerprint density at radius 1 is 1.20 bits per heavy atom. The molecule has 7 nitrogen and oxygen atoms in total. The van der Waals surface area contributed by atoms with Gasteiger partial charge in [-0.05, 0) is 32.3 Å². The van der Waals surface area contributed by atoms with Crippen LogP contribution in [0.3, 0.4) is 0 Å². The van der Waals surface area contributed by atoms with E-state index in [-0.39, 0.29) is 32.0 Å². The summed E-state index contributed by atoms with van der Waals surface area (Å²) in [5.41, 5.74) is 1.95. The first-order valence-electron chi connectivity index (χ1n) is 12.0. The number of nitrogens with one attached hydrogen (secondary N) is 1. The van der Waals surface area contributed by atoms with E-state index in [1.807, 2.05) is 37.4 Å². The lowest BCUT2D eigenvalue weighted by Crippen LogP contribution is -2.47. The van der Waals surface area contributed by atoms with E-state index in [0.717, 1.165) is 27.7 Å². The van der Waals surface area contributed by atoms with Gasteiger partial charge < -0.3 is 19.5 Å². The number of rotatable bonds is 3. The lowest BCUT2D eigenvalue weighted by atomic mass is 9.96. The first-order valence-corrected chi connectivity index (χ1v) is 12.0. The van der Waals surface area contributed by atoms with Crippen LogP contribution in [-0.4, -0.2) is 64.3 Å². The minimum Gasteiger partial charge on any atom is -0.377 e. The van der Waals surface area contributed by atoms with Crippen molar-refractivity contribution in [2.24, 2.45) is 5.41 Å². The fourth-order valence-corrected chi connectivity index (χ4v) is 5.28. The van der Waals surface area contributed by atoms with E-state index >= 15 is 0 Å². The zero-order valence-electron chi connectivity index (χ0n) is 19.4. The van der Waals surface area contributed by atoms with Gasteiger partial charge in [0.25, 0.3) is 0 Å². The SMILES string of the molecule is CC1COCCN1c1nc2c(c(-c3c[nH]c4ccccc34)n1)CCN(C(=O)C1(C(F)(F)F)CC1)C2. The monoisotopic (exact) mass is 485 g/mol. The van der Waals surface area contributed by atoms with Crippen molar-refractivity contribution in [1.29, 1.82) is 0 Å². The van der Waals surface area contributed by atoms with Gasteiger partial charge in [-0.1, -0.05) is 18.2 Å². The van der Waals surface area contributed by atoms with E-state index in [9.17, 15) is 18.0 Å². The zero-order valence-corrected chi connectivity index (χ0v) is 19.4. The molecule has 35 heavy (non-hydrogen) atoms. The predicted molar refractivity (Wildman–Crippen MR) is 124 cm³/mol. The smallest absolute Gasteiger partial charge is 0.377 e. The molecule has 1 N–H and O–H groups in total. The number of ether oxygens (including phenoxy) is 1. The molecule has 4 heterocycles. The number of fused-ring (bicyclic) bond motifs is 2. The Bertz CT molecular complexity index is 1300. The molecule has 2 aliphatic heterocycles. The third kappa shape index (κ3) is 3.57. The van der Waals surface area contributed by atoms with Crippen LogP contribution in [0.4, 0.5) is 19.1 Å². The summed E-state index contributed by atoms with van der Waals surface area (Å²) in [5, 5.41) is 1.02. The van der Waals surface area contributed by atoms with Crippen LogP contribution in [0.15, 0.2) is 30.5 Å². The average molecular weight is 486 g/mol. The summed E-state index contributed by atoms with van der Waals surface area (Å²) in [4.78, 5) is 29.5. The van der Waals surface area contributed by atoms with Gasteiger partial charge in [-0.3, -0.25) is 4.79 Å². The molecular weight excluding hydrogens is 459 g/mol. The number of hydrogen-bond donors (Lipinski definition) is 1. The first-order chi connectivity index (χ1) is 16.8. The molecule has 0 spiro atoms. The number of morpholine rings is 1. The number of alkyl halides is 3. The minimum atomic E-state index is -4.53. The molecule has 2 fully saturated rings. The van der Waals surface area contributed by atoms with Crippen molar-refractivity contribution in [3.8, 4) is 11.3 Å². The highest BCUT2D eigenvalue weighted by Gasteiger charge is 2.69. The largest absolute Gasteiger partial charge is 0.403 e. The second kappa shape index (κ2) is 7.94. The van der Waals surface area contributed by atoms with Crippen LogP contribution >= 0.6 is 0 Å². The number of carbonyl (C=O) groups excluding carboxylic acids is 1. The van der Waals surface area contributed by atoms with Crippen molar-refractivity contribution in [2.45, 2.75) is 44.9 Å². The van der Waals surface area contributed by atoms with E-state index in [1.165, 1.54) is 4.90 Å². The van der Waals surface area contributed by atoms with Gasteiger partial charge in [-0.25, -0.2) is 9.97 Å². The van der Waals surface area contributed by atoms with Crippen molar-refractivity contribution < 1.29 is 22.7 Å². The molecular formula is C25H26F3N5O2. The van der Waals surface area contributed by atoms with Crippen LogP contribution in [0.5, 0.6) is 0 Å². The number of anilines is 1. The van der Waals surface area contributed by atoms with Gasteiger partial charge in [-0.2, -0.15) is 13.2 Å². The summed E-state index contributed by atoms with van der Waals surface area (Å²) in [7, 11) is 0. The van der Waals surface area contributed by atoms with Gasteiger partial charge in [0.15, 0.2) is 0 Å². The zero-order chi connectivity index (χ0) is 24.4. The number of amides is 1. The summed E-state index contributed by atoms with van der Waals surface area (Å²) in [5.74, 6) is -0.310. The summed E-state index contributed by atoms with van der Waals surface area (Å²) >= 11 is 0. The molecule has 0 bridgehead atoms. The van der Waals surface area contributed by atoms with E-state index < -0.39 is 17.5 Å². The molecule has 184 valence electrons. The molecule has 1 amide bonds. The Morgan fingerprint density at radius 3 is 2.74 bits per heavy atom. The molecule has 2 aromatic heterocycles. The Labute approximate surface area is 200 Å². The topological polar surface area (TPSA) is 74.3 Å². The van der Waals surface area contributed by atoms with Crippen LogP contribution < -0.4 is 4.90 Å². The second-order valence-corrected chi connectivity index (χ2v) is 9.72. The fourth-order valence-electron chi connectivity index (χ4n) is 5.28. The molecule has 1 saturated carbocycles. The van der Waals surface area contributed by atoms with Crippen molar-refractivity contribution >= 4 is 22.8 Å². The predicted octanol–water partition coefficient (Wildman–Crippen LogP) is 4.08. The summed E-state index contributed by atoms with van der Waals surface area (Å²) in [6.07, 6.45) is -2.48. The number of hydrogen-bond acceptors (Lipinski definition) is 5. The first kappa shape index (κ1) is 22.3. The molecule has 6 rings (SSSR count). The number of aromatic amines is 1. The van der Waals surface area contributed by atoms with Gasteiger partial charge in [0, 0.05) is 41.3 Å². The molecule has 10 heteroatoms. The molecule has 1 aromatic carbocycles. The van der Waals surface area contributed by atoms with Crippen LogP contribution in [0.2, 0.25) is 0 Å². The maximum Gasteiger partial charge on any atom is 0.403 e. The van der Waals surface area contributed by atoms with Gasteiger partial charge in [0.1, 0.15) is 5.41 Å². The molecule has 3 aliphatic rings. The standard InChI is InChI=1S/C25H26F3N5O2/c1-15-14-35-11-10-33(15)23-30-20-13-32(22(34)24(7-8-24)25(26,27)28)9-6-17(20)21(31-23)18-12-29-19-5-3-2-4-16(18)19/h2-5,12,15,29H,6-11,13-14H2,1H3. The Morgan fingerprint density at radius 2 is 2.00 bits per heavy atom. The average Bonchev–Trinajstić information content (AvgIpc) is 3.57. The lowest BCUT2D eigenvalue weighted by Gasteiger charge is -2.36. The van der Waals surface area contributed by atoms with Gasteiger partial charge in [0.2, 0.25) is 11.9 Å². The van der Waals surface area contributed by atoms with E-state index in [2.05, 4.69) is 9.88 Å². The third-order valence-corrected chi connectivity index (χ3v) is 7.51. The number of halogens is 3. The highest BCUT2D eigenvalue weighted by molar-refractivity contribution is 5.95. The van der Waals surface area contributed by atoms with Crippen molar-refractivity contribution in [3.63, 3.8) is 0 Å². The third-order valence-electron chi connectivity index (χ3n) is 7.51.